The summed E-state index contributed by atoms with van der Waals surface area (Å²) in [6.45, 7) is 3.57. The van der Waals surface area contributed by atoms with E-state index in [1.54, 1.807) is 12.1 Å². The fraction of sp³-hybridized carbons (Fsp3) is 0.400. The molecule has 2 heteroatoms. The van der Waals surface area contributed by atoms with Crippen molar-refractivity contribution in [3.8, 4) is 17.6 Å². The molecule has 0 atom stereocenters. The minimum atomic E-state index is -0.302. The Bertz CT molecular complexity index is 407. The highest BCUT2D eigenvalue weighted by Crippen LogP contribution is 2.11. The summed E-state index contributed by atoms with van der Waals surface area (Å²) in [5.74, 6) is 6.49. The monoisotopic (exact) mass is 230 g/mol. The van der Waals surface area contributed by atoms with E-state index in [2.05, 4.69) is 18.8 Å². The maximum Gasteiger partial charge on any atom is 0.308 e. The van der Waals surface area contributed by atoms with E-state index in [1.165, 1.54) is 19.8 Å². The first-order chi connectivity index (χ1) is 8.22. The molecule has 0 saturated heterocycles. The molecule has 0 aliphatic carbocycles. The molecule has 1 aromatic rings. The van der Waals surface area contributed by atoms with Crippen LogP contribution in [-0.2, 0) is 4.79 Å². The molecule has 17 heavy (non-hydrogen) atoms. The van der Waals surface area contributed by atoms with Crippen LogP contribution in [0.2, 0.25) is 0 Å². The zero-order chi connectivity index (χ0) is 12.5. The smallest absolute Gasteiger partial charge is 0.308 e. The summed E-state index contributed by atoms with van der Waals surface area (Å²) in [5.41, 5.74) is 0.956. The first kappa shape index (κ1) is 13.3. The third-order valence-corrected chi connectivity index (χ3v) is 2.25. The molecule has 0 spiro atoms. The Hall–Kier alpha value is -1.75. The summed E-state index contributed by atoms with van der Waals surface area (Å²) in [5, 5.41) is 0. The average molecular weight is 230 g/mol. The Morgan fingerprint density at radius 3 is 2.53 bits per heavy atom. The number of hydrogen-bond acceptors (Lipinski definition) is 2. The molecule has 0 aliphatic heterocycles. The predicted molar refractivity (Wildman–Crippen MR) is 68.8 cm³/mol. The van der Waals surface area contributed by atoms with Gasteiger partial charge in [-0.15, -0.1) is 0 Å². The largest absolute Gasteiger partial charge is 0.427 e. The van der Waals surface area contributed by atoms with Gasteiger partial charge in [-0.3, -0.25) is 4.79 Å². The highest BCUT2D eigenvalue weighted by Gasteiger charge is 1.96. The molecular weight excluding hydrogens is 212 g/mol. The summed E-state index contributed by atoms with van der Waals surface area (Å²) in [6.07, 6.45) is 4.56. The van der Waals surface area contributed by atoms with Gasteiger partial charge in [0.2, 0.25) is 0 Å². The van der Waals surface area contributed by atoms with Gasteiger partial charge >= 0.3 is 5.97 Å². The van der Waals surface area contributed by atoms with Gasteiger partial charge in [0.25, 0.3) is 0 Å². The van der Waals surface area contributed by atoms with E-state index in [0.717, 1.165) is 18.4 Å². The van der Waals surface area contributed by atoms with Crippen molar-refractivity contribution in [2.75, 3.05) is 0 Å². The Balaban J connectivity index is 2.47. The number of benzene rings is 1. The van der Waals surface area contributed by atoms with Crippen molar-refractivity contribution in [3.05, 3.63) is 29.8 Å². The van der Waals surface area contributed by atoms with Crippen LogP contribution in [-0.4, -0.2) is 5.97 Å². The minimum absolute atomic E-state index is 0.302. The number of carbonyl (C=O) groups excluding carboxylic acids is 1. The Kier molecular flexibility index (Phi) is 5.88. The number of carbonyl (C=O) groups is 1. The first-order valence-electron chi connectivity index (χ1n) is 5.99. The van der Waals surface area contributed by atoms with E-state index < -0.39 is 0 Å². The second-order valence-electron chi connectivity index (χ2n) is 3.88. The number of esters is 1. The van der Waals surface area contributed by atoms with Crippen molar-refractivity contribution in [2.45, 2.75) is 39.5 Å². The lowest BCUT2D eigenvalue weighted by atomic mass is 10.2. The Morgan fingerprint density at radius 1 is 1.24 bits per heavy atom. The van der Waals surface area contributed by atoms with Gasteiger partial charge in [0.05, 0.1) is 0 Å². The van der Waals surface area contributed by atoms with E-state index in [4.69, 9.17) is 4.74 Å². The van der Waals surface area contributed by atoms with Crippen LogP contribution in [0.4, 0.5) is 0 Å². The van der Waals surface area contributed by atoms with Gasteiger partial charge < -0.3 is 4.74 Å². The molecule has 0 heterocycles. The third kappa shape index (κ3) is 5.77. The molecule has 0 saturated carbocycles. The van der Waals surface area contributed by atoms with Crippen molar-refractivity contribution < 1.29 is 9.53 Å². The van der Waals surface area contributed by atoms with Crippen LogP contribution >= 0.6 is 0 Å². The molecule has 90 valence electrons. The predicted octanol–water partition coefficient (Wildman–Crippen LogP) is 3.54. The zero-order valence-electron chi connectivity index (χ0n) is 10.5. The van der Waals surface area contributed by atoms with Crippen molar-refractivity contribution >= 4 is 5.97 Å². The van der Waals surface area contributed by atoms with Gasteiger partial charge in [0.1, 0.15) is 5.75 Å². The van der Waals surface area contributed by atoms with Crippen molar-refractivity contribution in [2.24, 2.45) is 0 Å². The van der Waals surface area contributed by atoms with Crippen molar-refractivity contribution in [3.63, 3.8) is 0 Å². The van der Waals surface area contributed by atoms with E-state index in [-0.39, 0.29) is 5.97 Å². The second-order valence-corrected chi connectivity index (χ2v) is 3.88. The first-order valence-corrected chi connectivity index (χ1v) is 5.99. The molecule has 2 nitrogen and oxygen atoms in total. The molecule has 0 unspecified atom stereocenters. The molecule has 0 radical (unpaired) electrons. The summed E-state index contributed by atoms with van der Waals surface area (Å²) < 4.78 is 4.94. The van der Waals surface area contributed by atoms with E-state index in [9.17, 15) is 4.79 Å². The molecule has 1 rings (SSSR count). The molecule has 0 amide bonds. The Labute approximate surface area is 103 Å². The maximum absolute atomic E-state index is 10.7. The molecule has 1 aromatic carbocycles. The van der Waals surface area contributed by atoms with Crippen LogP contribution in [0.25, 0.3) is 0 Å². The maximum atomic E-state index is 10.7. The van der Waals surface area contributed by atoms with Gasteiger partial charge in [0, 0.05) is 18.9 Å². The number of hydrogen-bond donors (Lipinski definition) is 0. The van der Waals surface area contributed by atoms with Crippen LogP contribution in [0, 0.1) is 11.8 Å². The van der Waals surface area contributed by atoms with Crippen LogP contribution in [0.3, 0.4) is 0 Å². The van der Waals surface area contributed by atoms with Gasteiger partial charge in [-0.2, -0.15) is 0 Å². The standard InChI is InChI=1S/C15H18O2/c1-3-4-5-6-7-8-14-9-11-15(12-10-14)17-13(2)16/h9-12H,3-6H2,1-2H3. The quantitative estimate of drug-likeness (QED) is 0.342. The summed E-state index contributed by atoms with van der Waals surface area (Å²) in [4.78, 5) is 10.7. The fourth-order valence-corrected chi connectivity index (χ4v) is 1.40. The van der Waals surface area contributed by atoms with Crippen molar-refractivity contribution in [1.82, 2.24) is 0 Å². The van der Waals surface area contributed by atoms with Crippen LogP contribution in [0.15, 0.2) is 24.3 Å². The molecule has 0 aliphatic rings. The van der Waals surface area contributed by atoms with Gasteiger partial charge in [0.15, 0.2) is 0 Å². The van der Waals surface area contributed by atoms with E-state index in [1.807, 2.05) is 12.1 Å². The lowest BCUT2D eigenvalue weighted by Gasteiger charge is -1.99. The number of ether oxygens (including phenoxy) is 1. The minimum Gasteiger partial charge on any atom is -0.427 e. The highest BCUT2D eigenvalue weighted by molar-refractivity contribution is 5.69. The topological polar surface area (TPSA) is 26.3 Å². The fourth-order valence-electron chi connectivity index (χ4n) is 1.40. The van der Waals surface area contributed by atoms with Crippen molar-refractivity contribution in [1.29, 1.82) is 0 Å². The second kappa shape index (κ2) is 7.51. The van der Waals surface area contributed by atoms with Gasteiger partial charge in [-0.1, -0.05) is 31.6 Å². The lowest BCUT2D eigenvalue weighted by molar-refractivity contribution is -0.131. The normalized spacial score (nSPS) is 9.29. The van der Waals surface area contributed by atoms with E-state index in [0.29, 0.717) is 5.75 Å². The summed E-state index contributed by atoms with van der Waals surface area (Å²) in [6, 6.07) is 7.26. The molecule has 0 N–H and O–H groups in total. The Morgan fingerprint density at radius 2 is 1.94 bits per heavy atom. The van der Waals surface area contributed by atoms with E-state index >= 15 is 0 Å². The lowest BCUT2D eigenvalue weighted by Crippen LogP contribution is -2.00. The summed E-state index contributed by atoms with van der Waals surface area (Å²) in [7, 11) is 0. The van der Waals surface area contributed by atoms with Crippen LogP contribution in [0.5, 0.6) is 5.75 Å². The van der Waals surface area contributed by atoms with Gasteiger partial charge in [-0.05, 0) is 30.7 Å². The molecule has 0 fully saturated rings. The molecule has 0 bridgehead atoms. The molecular formula is C15H18O2. The average Bonchev–Trinajstić information content (AvgIpc) is 2.30. The third-order valence-electron chi connectivity index (χ3n) is 2.25. The SMILES string of the molecule is CCCCCC#Cc1ccc(OC(C)=O)cc1. The summed E-state index contributed by atoms with van der Waals surface area (Å²) >= 11 is 0. The highest BCUT2D eigenvalue weighted by atomic mass is 16.5. The van der Waals surface area contributed by atoms with Gasteiger partial charge in [-0.25, -0.2) is 0 Å². The number of unbranched alkanes of at least 4 members (excludes halogenated alkanes) is 3. The number of rotatable bonds is 4. The zero-order valence-corrected chi connectivity index (χ0v) is 10.5. The van der Waals surface area contributed by atoms with Crippen LogP contribution < -0.4 is 4.74 Å². The van der Waals surface area contributed by atoms with Crippen LogP contribution in [0.1, 0.15) is 45.1 Å². The molecule has 0 aromatic heterocycles.